The second-order valence-corrected chi connectivity index (χ2v) is 6.80. The molecule has 0 fully saturated rings. The molecule has 0 radical (unpaired) electrons. The number of nitrogens with zero attached hydrogens (tertiary/aromatic N) is 2. The Morgan fingerprint density at radius 2 is 2.08 bits per heavy atom. The number of carbonyl (C=O) groups is 1. The fraction of sp³-hybridized carbons (Fsp3) is 0.333. The number of carbonyl (C=O) groups excluding carboxylic acids is 1. The molecule has 1 atom stereocenters. The number of pyridine rings is 1. The molecule has 1 aromatic carbocycles. The Hall–Kier alpha value is -2.11. The van der Waals surface area contributed by atoms with Crippen LogP contribution in [0.2, 0.25) is 5.02 Å². The first-order chi connectivity index (χ1) is 11.3. The summed E-state index contributed by atoms with van der Waals surface area (Å²) in [6.07, 6.45) is 1.68. The van der Waals surface area contributed by atoms with E-state index in [4.69, 9.17) is 11.6 Å². The Morgan fingerprint density at radius 3 is 2.67 bits per heavy atom. The van der Waals surface area contributed by atoms with E-state index in [1.807, 2.05) is 30.3 Å². The van der Waals surface area contributed by atoms with Gasteiger partial charge in [0.05, 0.1) is 23.9 Å². The Bertz CT molecular complexity index is 686. The van der Waals surface area contributed by atoms with Crippen LogP contribution in [0, 0.1) is 0 Å². The maximum absolute atomic E-state index is 12.5. The molecule has 0 spiro atoms. The number of nitrogens with one attached hydrogen (secondary N) is 1. The Kier molecular flexibility index (Phi) is 5.80. The smallest absolute Gasteiger partial charge is 0.318 e. The van der Waals surface area contributed by atoms with E-state index in [0.29, 0.717) is 10.7 Å². The maximum atomic E-state index is 12.5. The predicted molar refractivity (Wildman–Crippen MR) is 95.0 cm³/mol. The van der Waals surface area contributed by atoms with Crippen molar-refractivity contribution in [3.63, 3.8) is 0 Å². The van der Waals surface area contributed by atoms with Crippen molar-refractivity contribution in [2.24, 2.45) is 0 Å². The van der Waals surface area contributed by atoms with Crippen LogP contribution < -0.4 is 5.32 Å². The van der Waals surface area contributed by atoms with E-state index in [2.05, 4.69) is 10.3 Å². The van der Waals surface area contributed by atoms with E-state index in [1.54, 1.807) is 39.2 Å². The van der Waals surface area contributed by atoms with Crippen LogP contribution in [0.25, 0.3) is 0 Å². The van der Waals surface area contributed by atoms with Crippen molar-refractivity contribution < 1.29 is 9.90 Å². The number of urea groups is 1. The molecule has 0 saturated carbocycles. The minimum atomic E-state index is -0.970. The first-order valence-electron chi connectivity index (χ1n) is 7.67. The fourth-order valence-electron chi connectivity index (χ4n) is 2.45. The molecule has 2 amide bonds. The zero-order valence-corrected chi connectivity index (χ0v) is 14.8. The number of benzene rings is 1. The lowest BCUT2D eigenvalue weighted by Crippen LogP contribution is -2.45. The molecular formula is C18H22ClN3O2. The molecule has 0 bridgehead atoms. The highest BCUT2D eigenvalue weighted by Crippen LogP contribution is 2.23. The molecule has 2 N–H and O–H groups in total. The summed E-state index contributed by atoms with van der Waals surface area (Å²) in [5.74, 6) is 0. The number of likely N-dealkylation sites (N-methyl/N-ethyl adjacent to an activating group) is 1. The fourth-order valence-corrected chi connectivity index (χ4v) is 2.65. The summed E-state index contributed by atoms with van der Waals surface area (Å²) in [4.78, 5) is 18.3. The largest absolute Gasteiger partial charge is 0.389 e. The van der Waals surface area contributed by atoms with Gasteiger partial charge in [0.25, 0.3) is 0 Å². The molecule has 2 rings (SSSR count). The first-order valence-corrected chi connectivity index (χ1v) is 8.04. The molecule has 24 heavy (non-hydrogen) atoms. The molecule has 0 aliphatic rings. The average Bonchev–Trinajstić information content (AvgIpc) is 2.51. The van der Waals surface area contributed by atoms with Gasteiger partial charge in [0.1, 0.15) is 0 Å². The van der Waals surface area contributed by atoms with E-state index < -0.39 is 11.6 Å². The summed E-state index contributed by atoms with van der Waals surface area (Å²) in [6.45, 7) is 3.53. The monoisotopic (exact) mass is 347 g/mol. The van der Waals surface area contributed by atoms with Crippen molar-refractivity contribution in [3.05, 3.63) is 64.9 Å². The molecule has 0 saturated heterocycles. The topological polar surface area (TPSA) is 65.5 Å². The normalized spacial score (nSPS) is 12.5. The van der Waals surface area contributed by atoms with Gasteiger partial charge in [0.2, 0.25) is 0 Å². The lowest BCUT2D eigenvalue weighted by atomic mass is 10.0. The lowest BCUT2D eigenvalue weighted by Gasteiger charge is -2.28. The maximum Gasteiger partial charge on any atom is 0.318 e. The van der Waals surface area contributed by atoms with Crippen LogP contribution in [0.1, 0.15) is 31.1 Å². The summed E-state index contributed by atoms with van der Waals surface area (Å²) in [7, 11) is 1.64. The molecular weight excluding hydrogens is 326 g/mol. The van der Waals surface area contributed by atoms with Gasteiger partial charge in [-0.25, -0.2) is 4.79 Å². The highest BCUT2D eigenvalue weighted by molar-refractivity contribution is 6.30. The molecule has 6 heteroatoms. The highest BCUT2D eigenvalue weighted by atomic mass is 35.5. The van der Waals surface area contributed by atoms with Crippen LogP contribution in [0.5, 0.6) is 0 Å². The number of rotatable bonds is 5. The van der Waals surface area contributed by atoms with Crippen LogP contribution in [0.15, 0.2) is 48.7 Å². The van der Waals surface area contributed by atoms with Crippen LogP contribution >= 0.6 is 11.6 Å². The van der Waals surface area contributed by atoms with E-state index in [0.717, 1.165) is 5.56 Å². The van der Waals surface area contributed by atoms with Crippen molar-refractivity contribution >= 4 is 17.6 Å². The second-order valence-electron chi connectivity index (χ2n) is 6.36. The first kappa shape index (κ1) is 18.2. The van der Waals surface area contributed by atoms with Gasteiger partial charge in [-0.3, -0.25) is 4.98 Å². The van der Waals surface area contributed by atoms with Gasteiger partial charge in [-0.1, -0.05) is 29.8 Å². The van der Waals surface area contributed by atoms with Crippen molar-refractivity contribution in [2.75, 3.05) is 13.6 Å². The highest BCUT2D eigenvalue weighted by Gasteiger charge is 2.23. The van der Waals surface area contributed by atoms with Gasteiger partial charge in [-0.2, -0.15) is 0 Å². The molecule has 0 aliphatic carbocycles. The van der Waals surface area contributed by atoms with Gasteiger partial charge in [0, 0.05) is 18.3 Å². The van der Waals surface area contributed by atoms with Crippen molar-refractivity contribution in [3.8, 4) is 0 Å². The minimum Gasteiger partial charge on any atom is -0.389 e. The summed E-state index contributed by atoms with van der Waals surface area (Å²) < 4.78 is 0. The van der Waals surface area contributed by atoms with Gasteiger partial charge in [-0.15, -0.1) is 0 Å². The zero-order valence-electron chi connectivity index (χ0n) is 14.0. The van der Waals surface area contributed by atoms with Gasteiger partial charge < -0.3 is 15.3 Å². The number of hydrogen-bond acceptors (Lipinski definition) is 3. The third kappa shape index (κ3) is 5.22. The Morgan fingerprint density at radius 1 is 1.33 bits per heavy atom. The predicted octanol–water partition coefficient (Wildman–Crippen LogP) is 3.24. The SMILES string of the molecule is CN(CC(C)(C)O)C(=O)NC(c1cccc(Cl)c1)c1ccccn1. The van der Waals surface area contributed by atoms with E-state index in [-0.39, 0.29) is 12.6 Å². The molecule has 1 aromatic heterocycles. The standard InChI is InChI=1S/C18H22ClN3O2/c1-18(2,24)12-22(3)17(23)21-16(15-9-4-5-10-20-15)13-7-6-8-14(19)11-13/h4-11,16,24H,12H2,1-3H3,(H,21,23). The molecule has 128 valence electrons. The molecule has 1 heterocycles. The summed E-state index contributed by atoms with van der Waals surface area (Å²) in [6, 6.07) is 12.1. The summed E-state index contributed by atoms with van der Waals surface area (Å²) in [5.41, 5.74) is 0.582. The third-order valence-corrected chi connectivity index (χ3v) is 3.64. The van der Waals surface area contributed by atoms with E-state index >= 15 is 0 Å². The number of hydrogen-bond donors (Lipinski definition) is 2. The Balaban J connectivity index is 2.26. The van der Waals surface area contributed by atoms with Crippen LogP contribution in [-0.4, -0.2) is 40.2 Å². The number of aromatic nitrogens is 1. The summed E-state index contributed by atoms with van der Waals surface area (Å²) in [5, 5.41) is 13.4. The Labute approximate surface area is 147 Å². The van der Waals surface area contributed by atoms with Crippen LogP contribution in [-0.2, 0) is 0 Å². The van der Waals surface area contributed by atoms with Gasteiger partial charge in [0.15, 0.2) is 0 Å². The van der Waals surface area contributed by atoms with Crippen LogP contribution in [0.3, 0.4) is 0 Å². The van der Waals surface area contributed by atoms with Crippen LogP contribution in [0.4, 0.5) is 4.79 Å². The van der Waals surface area contributed by atoms with Crippen molar-refractivity contribution in [1.82, 2.24) is 15.2 Å². The summed E-state index contributed by atoms with van der Waals surface area (Å²) >= 11 is 6.09. The number of amides is 2. The number of halogens is 1. The lowest BCUT2D eigenvalue weighted by molar-refractivity contribution is 0.0529. The zero-order chi connectivity index (χ0) is 17.7. The van der Waals surface area contributed by atoms with Crippen molar-refractivity contribution in [2.45, 2.75) is 25.5 Å². The second kappa shape index (κ2) is 7.64. The minimum absolute atomic E-state index is 0.212. The van der Waals surface area contributed by atoms with E-state index in [9.17, 15) is 9.90 Å². The van der Waals surface area contributed by atoms with E-state index in [1.165, 1.54) is 4.90 Å². The van der Waals surface area contributed by atoms with Gasteiger partial charge >= 0.3 is 6.03 Å². The molecule has 1 unspecified atom stereocenters. The molecule has 2 aromatic rings. The van der Waals surface area contributed by atoms with Crippen molar-refractivity contribution in [1.29, 1.82) is 0 Å². The number of aliphatic hydroxyl groups is 1. The average molecular weight is 348 g/mol. The quantitative estimate of drug-likeness (QED) is 0.872. The third-order valence-electron chi connectivity index (χ3n) is 3.40. The van der Waals surface area contributed by atoms with Gasteiger partial charge in [-0.05, 0) is 43.7 Å². The molecule has 0 aliphatic heterocycles. The molecule has 5 nitrogen and oxygen atoms in total.